The van der Waals surface area contributed by atoms with Crippen molar-refractivity contribution in [3.63, 3.8) is 0 Å². The summed E-state index contributed by atoms with van der Waals surface area (Å²) in [6.07, 6.45) is 2.62. The van der Waals surface area contributed by atoms with Crippen LogP contribution in [-0.4, -0.2) is 25.8 Å². The van der Waals surface area contributed by atoms with Crippen LogP contribution in [0.25, 0.3) is 0 Å². The molecule has 0 saturated carbocycles. The van der Waals surface area contributed by atoms with Gasteiger partial charge in [0, 0.05) is 13.2 Å². The minimum Gasteiger partial charge on any atom is -0.377 e. The van der Waals surface area contributed by atoms with Gasteiger partial charge in [-0.25, -0.2) is 0 Å². The van der Waals surface area contributed by atoms with Gasteiger partial charge in [-0.3, -0.25) is 0 Å². The van der Waals surface area contributed by atoms with Crippen molar-refractivity contribution >= 4 is 0 Å². The van der Waals surface area contributed by atoms with Crippen LogP contribution in [0.5, 0.6) is 0 Å². The van der Waals surface area contributed by atoms with Crippen LogP contribution in [0.15, 0.2) is 0 Å². The first-order valence-electron chi connectivity index (χ1n) is 5.53. The Hall–Kier alpha value is -0.0800. The van der Waals surface area contributed by atoms with Gasteiger partial charge in [0.2, 0.25) is 0 Å². The van der Waals surface area contributed by atoms with E-state index in [0.717, 1.165) is 38.5 Å². The molecule has 0 aromatic heterocycles. The Morgan fingerprint density at radius 3 is 2.31 bits per heavy atom. The molecule has 1 atom stereocenters. The SMILES string of the molecule is CCCOC(CC)CNCC(C)C. The number of rotatable bonds is 8. The summed E-state index contributed by atoms with van der Waals surface area (Å²) in [5.74, 6) is 0.726. The summed E-state index contributed by atoms with van der Waals surface area (Å²) >= 11 is 0. The first-order chi connectivity index (χ1) is 6.20. The van der Waals surface area contributed by atoms with E-state index >= 15 is 0 Å². The molecular weight excluding hydrogens is 162 g/mol. The molecule has 1 unspecified atom stereocenters. The molecule has 0 radical (unpaired) electrons. The summed E-state index contributed by atoms with van der Waals surface area (Å²) in [6.45, 7) is 11.7. The Morgan fingerprint density at radius 1 is 1.15 bits per heavy atom. The van der Waals surface area contributed by atoms with Crippen molar-refractivity contribution in [1.82, 2.24) is 5.32 Å². The third-order valence-corrected chi connectivity index (χ3v) is 1.94. The Bertz CT molecular complexity index is 104. The van der Waals surface area contributed by atoms with Gasteiger partial charge in [-0.1, -0.05) is 27.7 Å². The van der Waals surface area contributed by atoms with Crippen LogP contribution in [0, 0.1) is 5.92 Å². The molecule has 13 heavy (non-hydrogen) atoms. The third kappa shape index (κ3) is 8.26. The van der Waals surface area contributed by atoms with Crippen molar-refractivity contribution < 1.29 is 4.74 Å². The van der Waals surface area contributed by atoms with E-state index < -0.39 is 0 Å². The second-order valence-electron chi connectivity index (χ2n) is 3.95. The minimum absolute atomic E-state index is 0.402. The van der Waals surface area contributed by atoms with Crippen LogP contribution >= 0.6 is 0 Å². The summed E-state index contributed by atoms with van der Waals surface area (Å²) < 4.78 is 5.66. The zero-order valence-corrected chi connectivity index (χ0v) is 9.60. The molecule has 0 aromatic rings. The Morgan fingerprint density at radius 2 is 1.85 bits per heavy atom. The van der Waals surface area contributed by atoms with Gasteiger partial charge in [-0.2, -0.15) is 0 Å². The summed E-state index contributed by atoms with van der Waals surface area (Å²) in [6, 6.07) is 0. The van der Waals surface area contributed by atoms with Gasteiger partial charge in [0.25, 0.3) is 0 Å². The first-order valence-corrected chi connectivity index (χ1v) is 5.53. The molecule has 1 N–H and O–H groups in total. The molecule has 80 valence electrons. The van der Waals surface area contributed by atoms with Gasteiger partial charge in [0.05, 0.1) is 6.10 Å². The van der Waals surface area contributed by atoms with Crippen molar-refractivity contribution in [3.8, 4) is 0 Å². The molecule has 0 bridgehead atoms. The van der Waals surface area contributed by atoms with Crippen molar-refractivity contribution in [1.29, 1.82) is 0 Å². The maximum atomic E-state index is 5.66. The number of ether oxygens (including phenoxy) is 1. The average molecular weight is 187 g/mol. The summed E-state index contributed by atoms with van der Waals surface area (Å²) in [5, 5.41) is 3.42. The van der Waals surface area contributed by atoms with E-state index in [-0.39, 0.29) is 0 Å². The van der Waals surface area contributed by atoms with E-state index in [1.165, 1.54) is 0 Å². The predicted octanol–water partition coefficient (Wildman–Crippen LogP) is 2.44. The lowest BCUT2D eigenvalue weighted by Gasteiger charge is -2.17. The third-order valence-electron chi connectivity index (χ3n) is 1.94. The lowest BCUT2D eigenvalue weighted by atomic mass is 10.2. The van der Waals surface area contributed by atoms with E-state index in [1.54, 1.807) is 0 Å². The molecule has 0 spiro atoms. The molecule has 0 heterocycles. The lowest BCUT2D eigenvalue weighted by Crippen LogP contribution is -2.31. The Balaban J connectivity index is 3.36. The van der Waals surface area contributed by atoms with Crippen LogP contribution in [0.4, 0.5) is 0 Å². The quantitative estimate of drug-likeness (QED) is 0.630. The molecule has 0 rings (SSSR count). The molecule has 0 fully saturated rings. The molecular formula is C11H25NO. The fraction of sp³-hybridized carbons (Fsp3) is 1.00. The monoisotopic (exact) mass is 187 g/mol. The van der Waals surface area contributed by atoms with Crippen molar-refractivity contribution in [2.75, 3.05) is 19.7 Å². The molecule has 0 aliphatic heterocycles. The van der Waals surface area contributed by atoms with Crippen molar-refractivity contribution in [2.45, 2.75) is 46.6 Å². The number of hydrogen-bond donors (Lipinski definition) is 1. The Labute approximate surface area is 83.1 Å². The van der Waals surface area contributed by atoms with E-state index in [4.69, 9.17) is 4.74 Å². The zero-order chi connectivity index (χ0) is 10.1. The minimum atomic E-state index is 0.402. The predicted molar refractivity (Wildman–Crippen MR) is 58.0 cm³/mol. The van der Waals surface area contributed by atoms with Crippen molar-refractivity contribution in [3.05, 3.63) is 0 Å². The molecule has 2 nitrogen and oxygen atoms in total. The highest BCUT2D eigenvalue weighted by Crippen LogP contribution is 1.98. The van der Waals surface area contributed by atoms with Gasteiger partial charge < -0.3 is 10.1 Å². The number of nitrogens with one attached hydrogen (secondary N) is 1. The van der Waals surface area contributed by atoms with E-state index in [1.807, 2.05) is 0 Å². The maximum Gasteiger partial charge on any atom is 0.0696 e. The normalized spacial score (nSPS) is 13.6. The fourth-order valence-electron chi connectivity index (χ4n) is 1.14. The second-order valence-corrected chi connectivity index (χ2v) is 3.95. The highest BCUT2D eigenvalue weighted by molar-refractivity contribution is 4.60. The fourth-order valence-corrected chi connectivity index (χ4v) is 1.14. The summed E-state index contributed by atoms with van der Waals surface area (Å²) in [4.78, 5) is 0. The highest BCUT2D eigenvalue weighted by atomic mass is 16.5. The maximum absolute atomic E-state index is 5.66. The van der Waals surface area contributed by atoms with Crippen LogP contribution in [-0.2, 0) is 4.74 Å². The molecule has 2 heteroatoms. The van der Waals surface area contributed by atoms with Gasteiger partial charge in [-0.05, 0) is 25.3 Å². The number of hydrogen-bond acceptors (Lipinski definition) is 2. The smallest absolute Gasteiger partial charge is 0.0696 e. The van der Waals surface area contributed by atoms with Gasteiger partial charge in [-0.15, -0.1) is 0 Å². The van der Waals surface area contributed by atoms with Gasteiger partial charge in [0.1, 0.15) is 0 Å². The molecule has 0 amide bonds. The molecule has 0 aliphatic rings. The summed E-state index contributed by atoms with van der Waals surface area (Å²) in [7, 11) is 0. The van der Waals surface area contributed by atoms with Crippen molar-refractivity contribution in [2.24, 2.45) is 5.92 Å². The largest absolute Gasteiger partial charge is 0.377 e. The molecule has 0 saturated heterocycles. The first kappa shape index (κ1) is 12.9. The highest BCUT2D eigenvalue weighted by Gasteiger charge is 2.05. The second kappa shape index (κ2) is 8.52. The van der Waals surface area contributed by atoms with E-state index in [9.17, 15) is 0 Å². The van der Waals surface area contributed by atoms with Crippen LogP contribution in [0.2, 0.25) is 0 Å². The lowest BCUT2D eigenvalue weighted by molar-refractivity contribution is 0.0509. The van der Waals surface area contributed by atoms with Crippen LogP contribution < -0.4 is 5.32 Å². The molecule has 0 aliphatic carbocycles. The standard InChI is InChI=1S/C11H25NO/c1-5-7-13-11(6-2)9-12-8-10(3)4/h10-12H,5-9H2,1-4H3. The van der Waals surface area contributed by atoms with Crippen LogP contribution in [0.1, 0.15) is 40.5 Å². The Kier molecular flexibility index (Phi) is 8.46. The van der Waals surface area contributed by atoms with E-state index in [0.29, 0.717) is 6.10 Å². The molecule has 0 aromatic carbocycles. The average Bonchev–Trinajstić information content (AvgIpc) is 2.10. The van der Waals surface area contributed by atoms with Crippen LogP contribution in [0.3, 0.4) is 0 Å². The summed E-state index contributed by atoms with van der Waals surface area (Å²) in [5.41, 5.74) is 0. The zero-order valence-electron chi connectivity index (χ0n) is 9.60. The van der Waals surface area contributed by atoms with Gasteiger partial charge in [0.15, 0.2) is 0 Å². The topological polar surface area (TPSA) is 21.3 Å². The van der Waals surface area contributed by atoms with E-state index in [2.05, 4.69) is 33.0 Å². The van der Waals surface area contributed by atoms with Gasteiger partial charge >= 0.3 is 0 Å².